The van der Waals surface area contributed by atoms with Gasteiger partial charge in [0.1, 0.15) is 12.4 Å². The molecule has 5 nitrogen and oxygen atoms in total. The number of rotatable bonds is 8. The van der Waals surface area contributed by atoms with Crippen LogP contribution in [-0.2, 0) is 17.8 Å². The fraction of sp³-hybridized carbons (Fsp3) is 0.824. The molecule has 1 aromatic rings. The monoisotopic (exact) mass is 360 g/mol. The Bertz CT molecular complexity index is 554. The molecular formula is C17H27F3N4O. The fourth-order valence-electron chi connectivity index (χ4n) is 3.98. The van der Waals surface area contributed by atoms with Crippen LogP contribution in [-0.4, -0.2) is 59.5 Å². The molecule has 1 saturated heterocycles. The molecule has 3 rings (SSSR count). The van der Waals surface area contributed by atoms with Crippen LogP contribution in [0.2, 0.25) is 0 Å². The molecule has 25 heavy (non-hydrogen) atoms. The summed E-state index contributed by atoms with van der Waals surface area (Å²) in [5, 5.41) is 3.39. The van der Waals surface area contributed by atoms with Crippen molar-refractivity contribution in [1.29, 1.82) is 0 Å². The van der Waals surface area contributed by atoms with Crippen molar-refractivity contribution in [3.8, 4) is 0 Å². The molecule has 1 aliphatic carbocycles. The van der Waals surface area contributed by atoms with E-state index in [2.05, 4.69) is 26.7 Å². The lowest BCUT2D eigenvalue weighted by atomic mass is 9.93. The third kappa shape index (κ3) is 4.74. The Morgan fingerprint density at radius 1 is 1.40 bits per heavy atom. The van der Waals surface area contributed by atoms with Crippen molar-refractivity contribution in [2.45, 2.75) is 51.5 Å². The summed E-state index contributed by atoms with van der Waals surface area (Å²) < 4.78 is 43.8. The standard InChI is InChI=1S/C17H27F3N4O/c1-2-23-8-7-22-15(23)12-24(9-10-25-13-17(18,19)20)14-11-16(14)3-5-21-6-4-16/h7-8,14,21H,2-6,9-13H2,1H3/t14-/m1/s1. The molecule has 1 spiro atoms. The number of alkyl halides is 3. The zero-order valence-corrected chi connectivity index (χ0v) is 14.7. The van der Waals surface area contributed by atoms with E-state index < -0.39 is 12.8 Å². The minimum atomic E-state index is -4.26. The van der Waals surface area contributed by atoms with Gasteiger partial charge in [0.05, 0.1) is 13.2 Å². The highest BCUT2D eigenvalue weighted by Crippen LogP contribution is 2.55. The Labute approximate surface area is 146 Å². The van der Waals surface area contributed by atoms with Crippen molar-refractivity contribution in [1.82, 2.24) is 19.8 Å². The number of nitrogens with zero attached hydrogens (tertiary/aromatic N) is 3. The third-order valence-electron chi connectivity index (χ3n) is 5.46. The molecule has 1 saturated carbocycles. The summed E-state index contributed by atoms with van der Waals surface area (Å²) in [4.78, 5) is 6.70. The van der Waals surface area contributed by atoms with Crippen LogP contribution in [0.15, 0.2) is 12.4 Å². The lowest BCUT2D eigenvalue weighted by molar-refractivity contribution is -0.174. The Morgan fingerprint density at radius 2 is 2.16 bits per heavy atom. The highest BCUT2D eigenvalue weighted by Gasteiger charge is 2.56. The number of hydrogen-bond acceptors (Lipinski definition) is 4. The molecule has 0 aromatic carbocycles. The maximum atomic E-state index is 12.3. The average Bonchev–Trinajstić information content (AvgIpc) is 3.05. The van der Waals surface area contributed by atoms with Gasteiger partial charge in [-0.25, -0.2) is 4.98 Å². The number of hydrogen-bond donors (Lipinski definition) is 1. The van der Waals surface area contributed by atoms with Crippen LogP contribution >= 0.6 is 0 Å². The topological polar surface area (TPSA) is 42.3 Å². The van der Waals surface area contributed by atoms with E-state index in [0.29, 0.717) is 24.5 Å². The first-order valence-electron chi connectivity index (χ1n) is 9.03. The van der Waals surface area contributed by atoms with E-state index in [4.69, 9.17) is 4.74 Å². The molecule has 0 radical (unpaired) electrons. The molecule has 1 aromatic heterocycles. The van der Waals surface area contributed by atoms with Crippen molar-refractivity contribution in [3.05, 3.63) is 18.2 Å². The van der Waals surface area contributed by atoms with E-state index in [-0.39, 0.29) is 6.61 Å². The molecular weight excluding hydrogens is 333 g/mol. The lowest BCUT2D eigenvalue weighted by Crippen LogP contribution is -2.38. The second-order valence-electron chi connectivity index (χ2n) is 7.10. The Morgan fingerprint density at radius 3 is 2.84 bits per heavy atom. The predicted molar refractivity (Wildman–Crippen MR) is 88.1 cm³/mol. The molecule has 1 N–H and O–H groups in total. The summed E-state index contributed by atoms with van der Waals surface area (Å²) in [6, 6.07) is 0.422. The van der Waals surface area contributed by atoms with Crippen molar-refractivity contribution >= 4 is 0 Å². The van der Waals surface area contributed by atoms with Gasteiger partial charge in [-0.05, 0) is 44.7 Å². The number of imidazole rings is 1. The first-order valence-corrected chi connectivity index (χ1v) is 9.03. The van der Waals surface area contributed by atoms with Gasteiger partial charge >= 0.3 is 6.18 Å². The van der Waals surface area contributed by atoms with Gasteiger partial charge in [0.15, 0.2) is 0 Å². The smallest absolute Gasteiger partial charge is 0.371 e. The van der Waals surface area contributed by atoms with Crippen molar-refractivity contribution in [2.24, 2.45) is 5.41 Å². The predicted octanol–water partition coefficient (Wildman–Crippen LogP) is 2.43. The van der Waals surface area contributed by atoms with Crippen LogP contribution < -0.4 is 5.32 Å². The number of aromatic nitrogens is 2. The highest BCUT2D eigenvalue weighted by molar-refractivity contribution is 5.11. The number of halogens is 3. The average molecular weight is 360 g/mol. The molecule has 2 heterocycles. The van der Waals surface area contributed by atoms with Gasteiger partial charge in [0.2, 0.25) is 0 Å². The second kappa shape index (κ2) is 7.63. The summed E-state index contributed by atoms with van der Waals surface area (Å²) >= 11 is 0. The van der Waals surface area contributed by atoms with E-state index in [1.165, 1.54) is 0 Å². The van der Waals surface area contributed by atoms with Crippen LogP contribution in [0.25, 0.3) is 0 Å². The first-order chi connectivity index (χ1) is 11.9. The Hall–Kier alpha value is -1.12. The molecule has 1 aliphatic heterocycles. The molecule has 0 unspecified atom stereocenters. The molecule has 0 bridgehead atoms. The summed E-state index contributed by atoms with van der Waals surface area (Å²) in [5.74, 6) is 0.967. The lowest BCUT2D eigenvalue weighted by Gasteiger charge is -2.29. The van der Waals surface area contributed by atoms with Gasteiger partial charge in [-0.15, -0.1) is 0 Å². The second-order valence-corrected chi connectivity index (χ2v) is 7.10. The molecule has 8 heteroatoms. The van der Waals surface area contributed by atoms with Crippen LogP contribution in [0.3, 0.4) is 0 Å². The molecule has 142 valence electrons. The van der Waals surface area contributed by atoms with E-state index in [1.54, 1.807) is 6.20 Å². The number of piperidine rings is 1. The van der Waals surface area contributed by atoms with Crippen molar-refractivity contribution in [3.63, 3.8) is 0 Å². The Balaban J connectivity index is 1.60. The van der Waals surface area contributed by atoms with Crippen LogP contribution in [0, 0.1) is 5.41 Å². The van der Waals surface area contributed by atoms with Gasteiger partial charge in [-0.1, -0.05) is 0 Å². The summed E-state index contributed by atoms with van der Waals surface area (Å²) in [6.07, 6.45) is 2.87. The SMILES string of the molecule is CCn1ccnc1CN(CCOCC(F)(F)F)[C@@H]1CC12CCNCC2. The number of aryl methyl sites for hydroxylation is 1. The van der Waals surface area contributed by atoms with Gasteiger partial charge in [-0.2, -0.15) is 13.2 Å². The van der Waals surface area contributed by atoms with Crippen LogP contribution in [0.1, 0.15) is 32.0 Å². The summed E-state index contributed by atoms with van der Waals surface area (Å²) in [7, 11) is 0. The van der Waals surface area contributed by atoms with Gasteiger partial charge in [0, 0.05) is 31.5 Å². The van der Waals surface area contributed by atoms with E-state index in [0.717, 1.165) is 44.7 Å². The third-order valence-corrected chi connectivity index (χ3v) is 5.46. The fourth-order valence-corrected chi connectivity index (χ4v) is 3.98. The van der Waals surface area contributed by atoms with Gasteiger partial charge < -0.3 is 14.6 Å². The minimum Gasteiger partial charge on any atom is -0.371 e. The maximum Gasteiger partial charge on any atom is 0.411 e. The van der Waals surface area contributed by atoms with E-state index in [1.807, 2.05) is 6.20 Å². The highest BCUT2D eigenvalue weighted by atomic mass is 19.4. The quantitative estimate of drug-likeness (QED) is 0.723. The van der Waals surface area contributed by atoms with Crippen molar-refractivity contribution in [2.75, 3.05) is 32.8 Å². The largest absolute Gasteiger partial charge is 0.411 e. The zero-order chi connectivity index (χ0) is 17.9. The molecule has 1 atom stereocenters. The van der Waals surface area contributed by atoms with Gasteiger partial charge in [-0.3, -0.25) is 4.90 Å². The normalized spacial score (nSPS) is 22.7. The van der Waals surface area contributed by atoms with E-state index in [9.17, 15) is 13.2 Å². The maximum absolute atomic E-state index is 12.3. The molecule has 0 amide bonds. The first kappa shape index (κ1) is 18.7. The number of nitrogens with one attached hydrogen (secondary N) is 1. The van der Waals surface area contributed by atoms with Crippen LogP contribution in [0.5, 0.6) is 0 Å². The molecule has 2 fully saturated rings. The molecule has 2 aliphatic rings. The zero-order valence-electron chi connectivity index (χ0n) is 14.7. The van der Waals surface area contributed by atoms with Gasteiger partial charge in [0.25, 0.3) is 0 Å². The van der Waals surface area contributed by atoms with Crippen molar-refractivity contribution < 1.29 is 17.9 Å². The summed E-state index contributed by atoms with van der Waals surface area (Å²) in [6.45, 7) is 5.04. The Kier molecular flexibility index (Phi) is 5.70. The van der Waals surface area contributed by atoms with Crippen LogP contribution in [0.4, 0.5) is 13.2 Å². The summed E-state index contributed by atoms with van der Waals surface area (Å²) in [5.41, 5.74) is 0.332. The number of ether oxygens (including phenoxy) is 1. The van der Waals surface area contributed by atoms with E-state index >= 15 is 0 Å². The minimum absolute atomic E-state index is 0.0944.